The van der Waals surface area contributed by atoms with Crippen LogP contribution in [0, 0.1) is 0 Å². The number of rotatable bonds is 1. The lowest BCUT2D eigenvalue weighted by atomic mass is 10.1. The van der Waals surface area contributed by atoms with Crippen LogP contribution in [0.2, 0.25) is 0 Å². The van der Waals surface area contributed by atoms with Gasteiger partial charge in [-0.15, -0.1) is 0 Å². The van der Waals surface area contributed by atoms with Crippen LogP contribution in [0.1, 0.15) is 22.5 Å². The molecule has 0 atom stereocenters. The summed E-state index contributed by atoms with van der Waals surface area (Å²) in [4.78, 5) is 14.7. The maximum Gasteiger partial charge on any atom is 0.270 e. The molecule has 0 saturated heterocycles. The number of aryl methyl sites for hydroxylation is 1. The molecule has 0 bridgehead atoms. The molecule has 3 heteroatoms. The average molecular weight is 290 g/mol. The minimum atomic E-state index is 0.118. The van der Waals surface area contributed by atoms with Crippen molar-refractivity contribution in [1.82, 2.24) is 9.47 Å². The predicted octanol–water partition coefficient (Wildman–Crippen LogP) is 3.65. The second-order valence-electron chi connectivity index (χ2n) is 5.85. The van der Waals surface area contributed by atoms with Crippen LogP contribution in [-0.4, -0.2) is 29.0 Å². The highest BCUT2D eigenvalue weighted by Gasteiger charge is 2.27. The summed E-state index contributed by atoms with van der Waals surface area (Å²) in [5.41, 5.74) is 4.17. The normalized spacial score (nSPS) is 15.0. The summed E-state index contributed by atoms with van der Waals surface area (Å²) in [6.07, 6.45) is 1.96. The quantitative estimate of drug-likeness (QED) is 0.671. The predicted molar refractivity (Wildman–Crippen MR) is 88.6 cm³/mol. The fourth-order valence-electron chi connectivity index (χ4n) is 3.41. The van der Waals surface area contributed by atoms with Crippen LogP contribution in [0.5, 0.6) is 0 Å². The third-order valence-corrected chi connectivity index (χ3v) is 4.46. The van der Waals surface area contributed by atoms with E-state index in [1.165, 1.54) is 10.9 Å². The number of fused-ring (bicyclic) bond motifs is 3. The second kappa shape index (κ2) is 5.02. The zero-order chi connectivity index (χ0) is 15.1. The fraction of sp³-hybridized carbons (Fsp3) is 0.211. The summed E-state index contributed by atoms with van der Waals surface area (Å²) in [7, 11) is 1.89. The number of amides is 1. The zero-order valence-corrected chi connectivity index (χ0v) is 12.6. The summed E-state index contributed by atoms with van der Waals surface area (Å²) in [5.74, 6) is 0.118. The number of benzene rings is 2. The van der Waals surface area contributed by atoms with Gasteiger partial charge in [-0.1, -0.05) is 36.4 Å². The Kier molecular flexibility index (Phi) is 3.00. The molecule has 2 heterocycles. The first kappa shape index (κ1) is 13.1. The molecule has 1 amide bonds. The van der Waals surface area contributed by atoms with Gasteiger partial charge in [0.25, 0.3) is 5.91 Å². The van der Waals surface area contributed by atoms with Crippen LogP contribution in [0.15, 0.2) is 54.6 Å². The summed E-state index contributed by atoms with van der Waals surface area (Å²) in [6.45, 7) is 0.816. The first-order chi connectivity index (χ1) is 10.8. The van der Waals surface area contributed by atoms with E-state index in [0.717, 1.165) is 36.3 Å². The average Bonchev–Trinajstić information content (AvgIpc) is 2.81. The minimum Gasteiger partial charge on any atom is -0.340 e. The summed E-state index contributed by atoms with van der Waals surface area (Å²) in [6, 6.07) is 18.5. The molecule has 1 aliphatic heterocycles. The van der Waals surface area contributed by atoms with E-state index in [-0.39, 0.29) is 5.91 Å². The van der Waals surface area contributed by atoms with Crippen molar-refractivity contribution in [1.29, 1.82) is 0 Å². The third kappa shape index (κ3) is 1.86. The van der Waals surface area contributed by atoms with Gasteiger partial charge in [-0.25, -0.2) is 0 Å². The Bertz CT molecular complexity index is 849. The third-order valence-electron chi connectivity index (χ3n) is 4.46. The van der Waals surface area contributed by atoms with Gasteiger partial charge in [-0.05, 0) is 36.6 Å². The Hall–Kier alpha value is -2.55. The van der Waals surface area contributed by atoms with Gasteiger partial charge in [0.05, 0.1) is 5.52 Å². The van der Waals surface area contributed by atoms with Gasteiger partial charge in [0.1, 0.15) is 5.69 Å². The molecule has 3 aromatic rings. The van der Waals surface area contributed by atoms with Crippen molar-refractivity contribution in [2.24, 2.45) is 0 Å². The van der Waals surface area contributed by atoms with E-state index in [9.17, 15) is 4.79 Å². The van der Waals surface area contributed by atoms with Crippen molar-refractivity contribution >= 4 is 16.8 Å². The number of nitrogens with zero attached hydrogens (tertiary/aromatic N) is 2. The number of aromatic nitrogens is 1. The van der Waals surface area contributed by atoms with Gasteiger partial charge in [-0.2, -0.15) is 0 Å². The molecule has 1 aliphatic rings. The van der Waals surface area contributed by atoms with E-state index in [4.69, 9.17) is 0 Å². The Balaban J connectivity index is 2.11. The zero-order valence-electron chi connectivity index (χ0n) is 12.6. The molecule has 0 aliphatic carbocycles. The molecule has 0 unspecified atom stereocenters. The van der Waals surface area contributed by atoms with Gasteiger partial charge in [0.2, 0.25) is 0 Å². The summed E-state index contributed by atoms with van der Waals surface area (Å²) in [5, 5.41) is 1.20. The van der Waals surface area contributed by atoms with Crippen LogP contribution in [-0.2, 0) is 6.42 Å². The first-order valence-corrected chi connectivity index (χ1v) is 7.70. The Labute approximate surface area is 129 Å². The lowest BCUT2D eigenvalue weighted by Crippen LogP contribution is -2.28. The molecule has 0 fully saturated rings. The van der Waals surface area contributed by atoms with Crippen molar-refractivity contribution in [2.45, 2.75) is 12.8 Å². The van der Waals surface area contributed by atoms with E-state index < -0.39 is 0 Å². The van der Waals surface area contributed by atoms with Crippen LogP contribution >= 0.6 is 0 Å². The van der Waals surface area contributed by atoms with E-state index in [2.05, 4.69) is 34.9 Å². The topological polar surface area (TPSA) is 25.2 Å². The lowest BCUT2D eigenvalue weighted by Gasteiger charge is -2.16. The molecule has 2 aromatic carbocycles. The SMILES string of the molecule is CN1CCCc2c(n(-c3ccccc3)c3ccccc23)C1=O. The van der Waals surface area contributed by atoms with E-state index in [1.807, 2.05) is 36.2 Å². The molecule has 4 rings (SSSR count). The van der Waals surface area contributed by atoms with Crippen LogP contribution in [0.4, 0.5) is 0 Å². The highest BCUT2D eigenvalue weighted by molar-refractivity contribution is 6.03. The summed E-state index contributed by atoms with van der Waals surface area (Å²) < 4.78 is 2.12. The molecule has 1 aromatic heterocycles. The Morgan fingerprint density at radius 3 is 2.50 bits per heavy atom. The number of para-hydroxylation sites is 2. The maximum absolute atomic E-state index is 12.9. The van der Waals surface area contributed by atoms with Gasteiger partial charge in [0, 0.05) is 24.7 Å². The van der Waals surface area contributed by atoms with Crippen molar-refractivity contribution < 1.29 is 4.79 Å². The second-order valence-corrected chi connectivity index (χ2v) is 5.85. The number of hydrogen-bond acceptors (Lipinski definition) is 1. The van der Waals surface area contributed by atoms with E-state index >= 15 is 0 Å². The van der Waals surface area contributed by atoms with Gasteiger partial charge in [-0.3, -0.25) is 4.79 Å². The van der Waals surface area contributed by atoms with Crippen molar-refractivity contribution in [2.75, 3.05) is 13.6 Å². The van der Waals surface area contributed by atoms with Gasteiger partial charge >= 0.3 is 0 Å². The van der Waals surface area contributed by atoms with Crippen molar-refractivity contribution in [3.8, 4) is 5.69 Å². The molecular formula is C19H18N2O. The van der Waals surface area contributed by atoms with Crippen molar-refractivity contribution in [3.63, 3.8) is 0 Å². The number of hydrogen-bond donors (Lipinski definition) is 0. The summed E-state index contributed by atoms with van der Waals surface area (Å²) >= 11 is 0. The van der Waals surface area contributed by atoms with Gasteiger partial charge < -0.3 is 9.47 Å². The lowest BCUT2D eigenvalue weighted by molar-refractivity contribution is 0.0793. The molecule has 3 nitrogen and oxygen atoms in total. The standard InChI is InChI=1S/C19H18N2O/c1-20-13-7-11-16-15-10-5-6-12-17(15)21(18(16)19(20)22)14-8-3-2-4-9-14/h2-6,8-10,12H,7,11,13H2,1H3. The Morgan fingerprint density at radius 1 is 0.955 bits per heavy atom. The monoisotopic (exact) mass is 290 g/mol. The van der Waals surface area contributed by atoms with Crippen LogP contribution in [0.25, 0.3) is 16.6 Å². The molecule has 0 spiro atoms. The first-order valence-electron chi connectivity index (χ1n) is 7.70. The smallest absolute Gasteiger partial charge is 0.270 e. The van der Waals surface area contributed by atoms with E-state index in [0.29, 0.717) is 0 Å². The highest BCUT2D eigenvalue weighted by atomic mass is 16.2. The van der Waals surface area contributed by atoms with Crippen molar-refractivity contribution in [3.05, 3.63) is 65.9 Å². The number of carbonyl (C=O) groups is 1. The highest BCUT2D eigenvalue weighted by Crippen LogP contribution is 2.32. The fourth-order valence-corrected chi connectivity index (χ4v) is 3.41. The molecule has 0 N–H and O–H groups in total. The minimum absolute atomic E-state index is 0.118. The van der Waals surface area contributed by atoms with Gasteiger partial charge in [0.15, 0.2) is 0 Å². The Morgan fingerprint density at radius 2 is 1.68 bits per heavy atom. The molecular weight excluding hydrogens is 272 g/mol. The molecule has 110 valence electrons. The molecule has 0 saturated carbocycles. The maximum atomic E-state index is 12.9. The molecule has 0 radical (unpaired) electrons. The van der Waals surface area contributed by atoms with E-state index in [1.54, 1.807) is 0 Å². The molecule has 22 heavy (non-hydrogen) atoms. The van der Waals surface area contributed by atoms with Crippen LogP contribution < -0.4 is 0 Å². The number of carbonyl (C=O) groups excluding carboxylic acids is 1. The largest absolute Gasteiger partial charge is 0.340 e. The van der Waals surface area contributed by atoms with Crippen LogP contribution in [0.3, 0.4) is 0 Å².